The summed E-state index contributed by atoms with van der Waals surface area (Å²) >= 11 is 0. The molecule has 0 unspecified atom stereocenters. The van der Waals surface area contributed by atoms with Crippen LogP contribution in [-0.4, -0.2) is 24.0 Å². The first kappa shape index (κ1) is 16.2. The van der Waals surface area contributed by atoms with E-state index in [1.54, 1.807) is 41.3 Å². The maximum Gasteiger partial charge on any atom is 0.387 e. The Hall–Kier alpha value is -2.63. The quantitative estimate of drug-likeness (QED) is 0.889. The molecule has 1 aliphatic heterocycles. The van der Waals surface area contributed by atoms with Gasteiger partial charge in [-0.15, -0.1) is 0 Å². The Labute approximate surface area is 139 Å². The van der Waals surface area contributed by atoms with Gasteiger partial charge in [0.05, 0.1) is 5.56 Å². The van der Waals surface area contributed by atoms with E-state index in [2.05, 4.69) is 10.1 Å². The molecule has 3 rings (SSSR count). The summed E-state index contributed by atoms with van der Waals surface area (Å²) < 4.78 is 30.0. The second kappa shape index (κ2) is 6.86. The van der Waals surface area contributed by atoms with E-state index >= 15 is 0 Å². The smallest absolute Gasteiger partial charge is 0.387 e. The molecule has 0 saturated heterocycles. The normalized spacial score (nSPS) is 16.8. The predicted octanol–water partition coefficient (Wildman–Crippen LogP) is 4.26. The summed E-state index contributed by atoms with van der Waals surface area (Å²) in [6, 6.07) is 13.7. The van der Waals surface area contributed by atoms with Gasteiger partial charge in [0.2, 0.25) is 0 Å². The van der Waals surface area contributed by atoms with Crippen LogP contribution in [0.1, 0.15) is 35.4 Å². The van der Waals surface area contributed by atoms with Crippen molar-refractivity contribution in [1.29, 1.82) is 0 Å². The van der Waals surface area contributed by atoms with Crippen molar-refractivity contribution in [3.63, 3.8) is 0 Å². The molecule has 6 heteroatoms. The van der Waals surface area contributed by atoms with Gasteiger partial charge >= 0.3 is 6.61 Å². The molecule has 1 amide bonds. The minimum atomic E-state index is -2.92. The molecule has 4 nitrogen and oxygen atoms in total. The number of fused-ring (bicyclic) bond motifs is 1. The predicted molar refractivity (Wildman–Crippen MR) is 87.2 cm³/mol. The second-order valence-electron chi connectivity index (χ2n) is 5.51. The highest BCUT2D eigenvalue weighted by Gasteiger charge is 2.33. The average molecular weight is 332 g/mol. The lowest BCUT2D eigenvalue weighted by Crippen LogP contribution is -2.43. The number of hydrogen-bond donors (Lipinski definition) is 1. The molecule has 1 atom stereocenters. The SMILES string of the molecule is CCCN1C(=O)c2ccccc2N[C@@H]1c1ccccc1OC(F)F. The molecule has 0 aliphatic carbocycles. The maximum absolute atomic E-state index is 12.8. The molecule has 0 fully saturated rings. The monoisotopic (exact) mass is 332 g/mol. The largest absolute Gasteiger partial charge is 0.434 e. The standard InChI is InChI=1S/C18H18F2N2O2/c1-2-11-22-16(13-8-4-6-10-15(13)24-18(19)20)21-14-9-5-3-7-12(14)17(22)23/h3-10,16,18,21H,2,11H2,1H3/t16-/m0/s1. The van der Waals surface area contributed by atoms with Crippen molar-refractivity contribution in [1.82, 2.24) is 4.90 Å². The summed E-state index contributed by atoms with van der Waals surface area (Å²) in [4.78, 5) is 14.5. The lowest BCUT2D eigenvalue weighted by atomic mass is 10.0. The zero-order valence-corrected chi connectivity index (χ0v) is 13.2. The molecule has 1 N–H and O–H groups in total. The van der Waals surface area contributed by atoms with Crippen LogP contribution in [0.25, 0.3) is 0 Å². The van der Waals surface area contributed by atoms with Gasteiger partial charge in [0.1, 0.15) is 11.9 Å². The Morgan fingerprint density at radius 1 is 1.17 bits per heavy atom. The molecular weight excluding hydrogens is 314 g/mol. The number of rotatable bonds is 5. The first-order valence-corrected chi connectivity index (χ1v) is 7.82. The zero-order chi connectivity index (χ0) is 17.1. The third-order valence-electron chi connectivity index (χ3n) is 3.92. The number of carbonyl (C=O) groups excluding carboxylic acids is 1. The molecule has 0 radical (unpaired) electrons. The topological polar surface area (TPSA) is 41.6 Å². The Kier molecular flexibility index (Phi) is 4.64. The fourth-order valence-electron chi connectivity index (χ4n) is 2.92. The fourth-order valence-corrected chi connectivity index (χ4v) is 2.92. The first-order chi connectivity index (χ1) is 11.6. The number of carbonyl (C=O) groups is 1. The van der Waals surface area contributed by atoms with E-state index in [4.69, 9.17) is 0 Å². The van der Waals surface area contributed by atoms with Gasteiger partial charge in [-0.2, -0.15) is 8.78 Å². The molecule has 126 valence electrons. The van der Waals surface area contributed by atoms with Crippen LogP contribution in [0.2, 0.25) is 0 Å². The Balaban J connectivity index is 2.04. The van der Waals surface area contributed by atoms with Crippen LogP contribution in [0.4, 0.5) is 14.5 Å². The third kappa shape index (κ3) is 3.04. The third-order valence-corrected chi connectivity index (χ3v) is 3.92. The van der Waals surface area contributed by atoms with Crippen molar-refractivity contribution in [2.45, 2.75) is 26.1 Å². The van der Waals surface area contributed by atoms with Crippen molar-refractivity contribution < 1.29 is 18.3 Å². The fraction of sp³-hybridized carbons (Fsp3) is 0.278. The number of nitrogens with zero attached hydrogens (tertiary/aromatic N) is 1. The van der Waals surface area contributed by atoms with Crippen LogP contribution in [0.3, 0.4) is 0 Å². The highest BCUT2D eigenvalue weighted by atomic mass is 19.3. The first-order valence-electron chi connectivity index (χ1n) is 7.82. The molecule has 0 aromatic heterocycles. The minimum Gasteiger partial charge on any atom is -0.434 e. The van der Waals surface area contributed by atoms with E-state index < -0.39 is 12.8 Å². The van der Waals surface area contributed by atoms with Gasteiger partial charge in [0, 0.05) is 17.8 Å². The number of hydrogen-bond acceptors (Lipinski definition) is 3. The summed E-state index contributed by atoms with van der Waals surface area (Å²) in [6.45, 7) is -0.447. The number of ether oxygens (including phenoxy) is 1. The lowest BCUT2D eigenvalue weighted by Gasteiger charge is -2.38. The highest BCUT2D eigenvalue weighted by Crippen LogP contribution is 2.37. The number of anilines is 1. The zero-order valence-electron chi connectivity index (χ0n) is 13.2. The van der Waals surface area contributed by atoms with Crippen LogP contribution in [0, 0.1) is 0 Å². The summed E-state index contributed by atoms with van der Waals surface area (Å²) in [5, 5.41) is 3.27. The van der Waals surface area contributed by atoms with E-state index in [-0.39, 0.29) is 11.7 Å². The molecule has 2 aromatic rings. The van der Waals surface area contributed by atoms with Crippen LogP contribution in [-0.2, 0) is 0 Å². The van der Waals surface area contributed by atoms with E-state index in [0.29, 0.717) is 23.4 Å². The number of para-hydroxylation sites is 2. The molecule has 0 bridgehead atoms. The van der Waals surface area contributed by atoms with Crippen molar-refractivity contribution in [2.24, 2.45) is 0 Å². The Morgan fingerprint density at radius 3 is 2.62 bits per heavy atom. The van der Waals surface area contributed by atoms with Crippen LogP contribution < -0.4 is 10.1 Å². The van der Waals surface area contributed by atoms with Crippen molar-refractivity contribution in [3.8, 4) is 5.75 Å². The van der Waals surface area contributed by atoms with Gasteiger partial charge in [-0.25, -0.2) is 0 Å². The molecular formula is C18H18F2N2O2. The van der Waals surface area contributed by atoms with Crippen molar-refractivity contribution in [2.75, 3.05) is 11.9 Å². The molecule has 24 heavy (non-hydrogen) atoms. The number of halogens is 2. The molecule has 1 aliphatic rings. The average Bonchev–Trinajstić information content (AvgIpc) is 2.57. The van der Waals surface area contributed by atoms with Gasteiger partial charge in [-0.3, -0.25) is 4.79 Å². The highest BCUT2D eigenvalue weighted by molar-refractivity contribution is 6.01. The van der Waals surface area contributed by atoms with Crippen LogP contribution in [0.15, 0.2) is 48.5 Å². The molecule has 2 aromatic carbocycles. The molecule has 0 saturated carbocycles. The maximum atomic E-state index is 12.8. The second-order valence-corrected chi connectivity index (χ2v) is 5.51. The van der Waals surface area contributed by atoms with E-state index in [1.807, 2.05) is 13.0 Å². The van der Waals surface area contributed by atoms with Gasteiger partial charge < -0.3 is 15.0 Å². The number of nitrogens with one attached hydrogen (secondary N) is 1. The van der Waals surface area contributed by atoms with Crippen LogP contribution >= 0.6 is 0 Å². The summed E-state index contributed by atoms with van der Waals surface area (Å²) in [7, 11) is 0. The van der Waals surface area contributed by atoms with E-state index in [9.17, 15) is 13.6 Å². The summed E-state index contributed by atoms with van der Waals surface area (Å²) in [5.74, 6) is -0.0543. The summed E-state index contributed by atoms with van der Waals surface area (Å²) in [6.07, 6.45) is 0.201. The van der Waals surface area contributed by atoms with Gasteiger partial charge in [0.15, 0.2) is 0 Å². The molecule has 1 heterocycles. The number of amides is 1. The van der Waals surface area contributed by atoms with E-state index in [1.165, 1.54) is 6.07 Å². The Morgan fingerprint density at radius 2 is 1.88 bits per heavy atom. The minimum absolute atomic E-state index is 0.0679. The Bertz CT molecular complexity index is 736. The summed E-state index contributed by atoms with van der Waals surface area (Å²) in [5.41, 5.74) is 1.77. The van der Waals surface area contributed by atoms with Crippen LogP contribution in [0.5, 0.6) is 5.75 Å². The lowest BCUT2D eigenvalue weighted by molar-refractivity contribution is -0.0509. The number of alkyl halides is 2. The van der Waals surface area contributed by atoms with Crippen molar-refractivity contribution >= 4 is 11.6 Å². The molecule has 0 spiro atoms. The van der Waals surface area contributed by atoms with Gasteiger partial charge in [-0.1, -0.05) is 37.3 Å². The van der Waals surface area contributed by atoms with Gasteiger partial charge in [0.25, 0.3) is 5.91 Å². The van der Waals surface area contributed by atoms with Gasteiger partial charge in [-0.05, 0) is 24.6 Å². The van der Waals surface area contributed by atoms with E-state index in [0.717, 1.165) is 6.42 Å². The number of benzene rings is 2. The van der Waals surface area contributed by atoms with Crippen molar-refractivity contribution in [3.05, 3.63) is 59.7 Å².